The smallest absolute Gasteiger partial charge is 0.286 e. The van der Waals surface area contributed by atoms with Crippen LogP contribution in [-0.2, 0) is 4.74 Å². The van der Waals surface area contributed by atoms with Crippen molar-refractivity contribution in [2.45, 2.75) is 25.9 Å². The van der Waals surface area contributed by atoms with Crippen LogP contribution < -0.4 is 0 Å². The molecule has 0 aliphatic heterocycles. The summed E-state index contributed by atoms with van der Waals surface area (Å²) in [5, 5.41) is 8.12. The van der Waals surface area contributed by atoms with E-state index >= 15 is 0 Å². The standard InChI is InChI=1S/C7H11NO/c1-4-5-7(2,3)9-6-8/h4H,1,5H2,2-3H3. The van der Waals surface area contributed by atoms with Crippen molar-refractivity contribution < 1.29 is 4.74 Å². The van der Waals surface area contributed by atoms with Crippen molar-refractivity contribution in [3.05, 3.63) is 12.7 Å². The van der Waals surface area contributed by atoms with Gasteiger partial charge in [0.15, 0.2) is 0 Å². The molecule has 0 spiro atoms. The van der Waals surface area contributed by atoms with Gasteiger partial charge in [-0.05, 0) is 13.8 Å². The predicted molar refractivity (Wildman–Crippen MR) is 35.6 cm³/mol. The van der Waals surface area contributed by atoms with Crippen LogP contribution in [-0.4, -0.2) is 5.60 Å². The molecule has 0 aromatic heterocycles. The first-order chi connectivity index (χ1) is 4.12. The second-order valence-corrected chi connectivity index (χ2v) is 2.45. The van der Waals surface area contributed by atoms with Crippen LogP contribution in [0.4, 0.5) is 0 Å². The molecule has 0 atom stereocenters. The Morgan fingerprint density at radius 1 is 1.78 bits per heavy atom. The zero-order chi connectivity index (χ0) is 7.33. The highest BCUT2D eigenvalue weighted by atomic mass is 16.5. The third kappa shape index (κ3) is 3.60. The lowest BCUT2D eigenvalue weighted by atomic mass is 10.1. The molecule has 0 aromatic carbocycles. The minimum Gasteiger partial charge on any atom is -0.421 e. The first kappa shape index (κ1) is 8.03. The van der Waals surface area contributed by atoms with E-state index in [1.807, 2.05) is 13.8 Å². The summed E-state index contributed by atoms with van der Waals surface area (Å²) in [6.07, 6.45) is 4.07. The van der Waals surface area contributed by atoms with Crippen LogP contribution in [0.5, 0.6) is 0 Å². The molecule has 0 amide bonds. The number of nitrogens with zero attached hydrogens (tertiary/aromatic N) is 1. The van der Waals surface area contributed by atoms with E-state index in [2.05, 4.69) is 6.58 Å². The SMILES string of the molecule is C=CCC(C)(C)OC#N. The summed E-state index contributed by atoms with van der Waals surface area (Å²) in [6.45, 7) is 7.23. The fraction of sp³-hybridized carbons (Fsp3) is 0.571. The number of rotatable bonds is 3. The second kappa shape index (κ2) is 3.13. The molecule has 0 heterocycles. The average Bonchev–Trinajstić information content (AvgIpc) is 1.64. The lowest BCUT2D eigenvalue weighted by Crippen LogP contribution is -2.20. The molecule has 0 bridgehead atoms. The van der Waals surface area contributed by atoms with Crippen molar-refractivity contribution in [3.8, 4) is 6.26 Å². The van der Waals surface area contributed by atoms with E-state index in [9.17, 15) is 0 Å². The lowest BCUT2D eigenvalue weighted by molar-refractivity contribution is 0.0756. The van der Waals surface area contributed by atoms with Gasteiger partial charge in [0.1, 0.15) is 5.60 Å². The molecule has 0 radical (unpaired) electrons. The average molecular weight is 125 g/mol. The number of hydrogen-bond donors (Lipinski definition) is 0. The molecule has 0 saturated heterocycles. The molecule has 9 heavy (non-hydrogen) atoms. The Morgan fingerprint density at radius 2 is 2.33 bits per heavy atom. The van der Waals surface area contributed by atoms with E-state index in [1.54, 1.807) is 12.3 Å². The Balaban J connectivity index is 3.73. The zero-order valence-electron chi connectivity index (χ0n) is 5.85. The van der Waals surface area contributed by atoms with Gasteiger partial charge in [0.2, 0.25) is 0 Å². The molecular weight excluding hydrogens is 114 g/mol. The predicted octanol–water partition coefficient (Wildman–Crippen LogP) is 1.84. The second-order valence-electron chi connectivity index (χ2n) is 2.45. The van der Waals surface area contributed by atoms with E-state index in [4.69, 9.17) is 10.00 Å². The highest BCUT2D eigenvalue weighted by molar-refractivity contribution is 4.82. The Morgan fingerprint density at radius 3 is 2.67 bits per heavy atom. The summed E-state index contributed by atoms with van der Waals surface area (Å²) in [7, 11) is 0. The molecule has 0 saturated carbocycles. The van der Waals surface area contributed by atoms with E-state index in [0.717, 1.165) is 0 Å². The molecule has 0 aliphatic carbocycles. The van der Waals surface area contributed by atoms with Crippen LogP contribution in [0.2, 0.25) is 0 Å². The van der Waals surface area contributed by atoms with Gasteiger partial charge in [-0.15, -0.1) is 6.58 Å². The summed E-state index contributed by atoms with van der Waals surface area (Å²) in [5.41, 5.74) is -0.378. The van der Waals surface area contributed by atoms with Gasteiger partial charge in [-0.1, -0.05) is 6.08 Å². The fourth-order valence-corrected chi connectivity index (χ4v) is 0.513. The van der Waals surface area contributed by atoms with Gasteiger partial charge in [0, 0.05) is 6.42 Å². The summed E-state index contributed by atoms with van der Waals surface area (Å²) in [4.78, 5) is 0. The van der Waals surface area contributed by atoms with Gasteiger partial charge in [-0.2, -0.15) is 5.26 Å². The molecule has 0 fully saturated rings. The molecule has 2 nitrogen and oxygen atoms in total. The number of nitriles is 1. The highest BCUT2D eigenvalue weighted by Gasteiger charge is 2.15. The van der Waals surface area contributed by atoms with Crippen molar-refractivity contribution in [2.75, 3.05) is 0 Å². The first-order valence-electron chi connectivity index (χ1n) is 2.80. The maximum absolute atomic E-state index is 8.12. The Hall–Kier alpha value is -0.970. The van der Waals surface area contributed by atoms with Crippen LogP contribution in [0, 0.1) is 11.5 Å². The van der Waals surface area contributed by atoms with Gasteiger partial charge in [0.05, 0.1) is 0 Å². The quantitative estimate of drug-likeness (QED) is 0.426. The molecule has 0 aliphatic rings. The fourth-order valence-electron chi connectivity index (χ4n) is 0.513. The molecule has 50 valence electrons. The van der Waals surface area contributed by atoms with E-state index in [1.165, 1.54) is 0 Å². The Kier molecular flexibility index (Phi) is 2.80. The van der Waals surface area contributed by atoms with Crippen molar-refractivity contribution in [2.24, 2.45) is 0 Å². The molecule has 2 heteroatoms. The van der Waals surface area contributed by atoms with Gasteiger partial charge >= 0.3 is 0 Å². The van der Waals surface area contributed by atoms with Crippen LogP contribution >= 0.6 is 0 Å². The van der Waals surface area contributed by atoms with E-state index in [0.29, 0.717) is 6.42 Å². The maximum atomic E-state index is 8.12. The van der Waals surface area contributed by atoms with E-state index in [-0.39, 0.29) is 5.60 Å². The van der Waals surface area contributed by atoms with Crippen LogP contribution in [0.3, 0.4) is 0 Å². The minimum absolute atomic E-state index is 0.378. The van der Waals surface area contributed by atoms with Crippen molar-refractivity contribution in [3.63, 3.8) is 0 Å². The summed E-state index contributed by atoms with van der Waals surface area (Å²) in [6, 6.07) is 0. The molecular formula is C7H11NO. The monoisotopic (exact) mass is 125 g/mol. The minimum atomic E-state index is -0.378. The zero-order valence-corrected chi connectivity index (χ0v) is 5.85. The summed E-state index contributed by atoms with van der Waals surface area (Å²) < 4.78 is 4.70. The highest BCUT2D eigenvalue weighted by Crippen LogP contribution is 2.12. The Labute approximate surface area is 55.7 Å². The summed E-state index contributed by atoms with van der Waals surface area (Å²) >= 11 is 0. The topological polar surface area (TPSA) is 33.0 Å². The molecule has 0 aromatic rings. The maximum Gasteiger partial charge on any atom is 0.286 e. The third-order valence-corrected chi connectivity index (χ3v) is 0.958. The number of hydrogen-bond acceptors (Lipinski definition) is 2. The third-order valence-electron chi connectivity index (χ3n) is 0.958. The van der Waals surface area contributed by atoms with Gasteiger partial charge < -0.3 is 4.74 Å². The van der Waals surface area contributed by atoms with Crippen LogP contribution in [0.1, 0.15) is 20.3 Å². The van der Waals surface area contributed by atoms with Crippen molar-refractivity contribution in [1.82, 2.24) is 0 Å². The molecule has 0 rings (SSSR count). The normalized spacial score (nSPS) is 9.89. The molecule has 0 unspecified atom stereocenters. The largest absolute Gasteiger partial charge is 0.421 e. The van der Waals surface area contributed by atoms with Gasteiger partial charge in [-0.25, -0.2) is 0 Å². The first-order valence-corrected chi connectivity index (χ1v) is 2.80. The van der Waals surface area contributed by atoms with Gasteiger partial charge in [0.25, 0.3) is 6.26 Å². The van der Waals surface area contributed by atoms with E-state index < -0.39 is 0 Å². The van der Waals surface area contributed by atoms with Crippen molar-refractivity contribution >= 4 is 0 Å². The van der Waals surface area contributed by atoms with Crippen molar-refractivity contribution in [1.29, 1.82) is 5.26 Å². The van der Waals surface area contributed by atoms with Crippen LogP contribution in [0.15, 0.2) is 12.7 Å². The van der Waals surface area contributed by atoms with Crippen LogP contribution in [0.25, 0.3) is 0 Å². The summed E-state index contributed by atoms with van der Waals surface area (Å²) in [5.74, 6) is 0. The Bertz CT molecular complexity index is 132. The number of ether oxygens (including phenoxy) is 1. The lowest BCUT2D eigenvalue weighted by Gasteiger charge is -2.17. The van der Waals surface area contributed by atoms with Gasteiger partial charge in [-0.3, -0.25) is 0 Å². The molecule has 0 N–H and O–H groups in total.